The van der Waals surface area contributed by atoms with Gasteiger partial charge in [-0.15, -0.1) is 10.2 Å². The maximum atomic E-state index is 12.5. The van der Waals surface area contributed by atoms with E-state index in [9.17, 15) is 4.79 Å². The fourth-order valence-corrected chi connectivity index (χ4v) is 4.69. The Labute approximate surface area is 175 Å². The molecule has 2 heterocycles. The average Bonchev–Trinajstić information content (AvgIpc) is 3.38. The number of anilines is 1. The maximum Gasteiger partial charge on any atom is 0.234 e. The van der Waals surface area contributed by atoms with Crippen molar-refractivity contribution in [1.29, 1.82) is 0 Å². The molecule has 1 amide bonds. The molecule has 1 saturated carbocycles. The molecule has 0 unspecified atom stereocenters. The summed E-state index contributed by atoms with van der Waals surface area (Å²) < 4.78 is 7.75. The third kappa shape index (κ3) is 4.56. The van der Waals surface area contributed by atoms with E-state index in [1.165, 1.54) is 36.6 Å². The summed E-state index contributed by atoms with van der Waals surface area (Å²) in [5.41, 5.74) is 3.10. The van der Waals surface area contributed by atoms with Crippen molar-refractivity contribution in [3.63, 3.8) is 0 Å². The van der Waals surface area contributed by atoms with Crippen molar-refractivity contribution in [2.24, 2.45) is 0 Å². The molecule has 1 N–H and O–H groups in total. The average molecular weight is 411 g/mol. The predicted octanol–water partition coefficient (Wildman–Crippen LogP) is 5.39. The first-order chi connectivity index (χ1) is 14.1. The number of thioether (sulfide) groups is 1. The standard InChI is InChI=1S/C22H26N4O2S/c1-15-10-11-18(16(2)13-15)23-20(27)14-29-22-25-24-21(19-9-6-12-28-19)26(22)17-7-4-3-5-8-17/h6,9-13,17H,3-5,7-8,14H2,1-2H3,(H,23,27). The van der Waals surface area contributed by atoms with Gasteiger partial charge in [0.25, 0.3) is 0 Å². The highest BCUT2D eigenvalue weighted by Gasteiger charge is 2.25. The van der Waals surface area contributed by atoms with Crippen LogP contribution in [0.4, 0.5) is 5.69 Å². The van der Waals surface area contributed by atoms with E-state index in [1.807, 2.05) is 38.1 Å². The van der Waals surface area contributed by atoms with Crippen molar-refractivity contribution in [3.8, 4) is 11.6 Å². The molecule has 6 nitrogen and oxygen atoms in total. The summed E-state index contributed by atoms with van der Waals surface area (Å²) in [6.07, 6.45) is 7.55. The molecule has 0 saturated heterocycles. The van der Waals surface area contributed by atoms with Crippen LogP contribution in [0.5, 0.6) is 0 Å². The third-order valence-corrected chi connectivity index (χ3v) is 6.28. The largest absolute Gasteiger partial charge is 0.461 e. The first-order valence-electron chi connectivity index (χ1n) is 10.1. The summed E-state index contributed by atoms with van der Waals surface area (Å²) >= 11 is 1.43. The Morgan fingerprint density at radius 1 is 1.21 bits per heavy atom. The molecule has 152 valence electrons. The van der Waals surface area contributed by atoms with Gasteiger partial charge in [0.1, 0.15) is 0 Å². The molecule has 1 aliphatic carbocycles. The van der Waals surface area contributed by atoms with E-state index in [-0.39, 0.29) is 11.7 Å². The molecule has 0 bridgehead atoms. The Hall–Kier alpha value is -2.54. The van der Waals surface area contributed by atoms with Gasteiger partial charge in [-0.3, -0.25) is 9.36 Å². The van der Waals surface area contributed by atoms with Crippen molar-refractivity contribution in [2.75, 3.05) is 11.1 Å². The third-order valence-electron chi connectivity index (χ3n) is 5.33. The quantitative estimate of drug-likeness (QED) is 0.552. The second kappa shape index (κ2) is 8.86. The van der Waals surface area contributed by atoms with Crippen LogP contribution < -0.4 is 5.32 Å². The summed E-state index contributed by atoms with van der Waals surface area (Å²) in [5.74, 6) is 1.71. The zero-order chi connectivity index (χ0) is 20.2. The molecule has 0 radical (unpaired) electrons. The summed E-state index contributed by atoms with van der Waals surface area (Å²) in [6, 6.07) is 10.1. The highest BCUT2D eigenvalue weighted by Crippen LogP contribution is 2.35. The van der Waals surface area contributed by atoms with Crippen LogP contribution in [0.1, 0.15) is 49.3 Å². The maximum absolute atomic E-state index is 12.5. The van der Waals surface area contributed by atoms with E-state index < -0.39 is 0 Å². The summed E-state index contributed by atoms with van der Waals surface area (Å²) in [6.45, 7) is 4.05. The molecular formula is C22H26N4O2S. The van der Waals surface area contributed by atoms with Crippen LogP contribution in [0, 0.1) is 13.8 Å². The Morgan fingerprint density at radius 2 is 2.03 bits per heavy atom. The van der Waals surface area contributed by atoms with E-state index in [0.717, 1.165) is 40.8 Å². The zero-order valence-electron chi connectivity index (χ0n) is 16.9. The van der Waals surface area contributed by atoms with Crippen molar-refractivity contribution >= 4 is 23.4 Å². The molecule has 1 aromatic carbocycles. The number of nitrogens with zero attached hydrogens (tertiary/aromatic N) is 3. The van der Waals surface area contributed by atoms with Crippen LogP contribution in [0.25, 0.3) is 11.6 Å². The van der Waals surface area contributed by atoms with E-state index in [1.54, 1.807) is 6.26 Å². The molecule has 0 atom stereocenters. The van der Waals surface area contributed by atoms with E-state index >= 15 is 0 Å². The van der Waals surface area contributed by atoms with Crippen molar-refractivity contribution in [1.82, 2.24) is 14.8 Å². The number of aryl methyl sites for hydroxylation is 2. The number of hydrogen-bond acceptors (Lipinski definition) is 5. The SMILES string of the molecule is Cc1ccc(NC(=O)CSc2nnc(-c3ccco3)n2C2CCCCC2)c(C)c1. The van der Waals surface area contributed by atoms with Gasteiger partial charge in [0.15, 0.2) is 10.9 Å². The molecule has 3 aromatic rings. The Balaban J connectivity index is 1.50. The molecule has 7 heteroatoms. The molecule has 2 aromatic heterocycles. The van der Waals surface area contributed by atoms with Crippen LogP contribution in [-0.4, -0.2) is 26.4 Å². The highest BCUT2D eigenvalue weighted by molar-refractivity contribution is 7.99. The molecule has 0 spiro atoms. The van der Waals surface area contributed by atoms with Crippen LogP contribution >= 0.6 is 11.8 Å². The highest BCUT2D eigenvalue weighted by atomic mass is 32.2. The topological polar surface area (TPSA) is 73.0 Å². The molecule has 0 aliphatic heterocycles. The Morgan fingerprint density at radius 3 is 2.76 bits per heavy atom. The minimum absolute atomic E-state index is 0.0419. The van der Waals surface area contributed by atoms with Crippen molar-refractivity contribution in [2.45, 2.75) is 57.1 Å². The van der Waals surface area contributed by atoms with Gasteiger partial charge in [-0.1, -0.05) is 48.7 Å². The predicted molar refractivity (Wildman–Crippen MR) is 115 cm³/mol. The first kappa shape index (κ1) is 19.8. The van der Waals surface area contributed by atoms with Crippen LogP contribution in [0.2, 0.25) is 0 Å². The minimum Gasteiger partial charge on any atom is -0.461 e. The smallest absolute Gasteiger partial charge is 0.234 e. The number of rotatable bonds is 6. The van der Waals surface area contributed by atoms with Gasteiger partial charge in [-0.2, -0.15) is 0 Å². The number of nitrogens with one attached hydrogen (secondary N) is 1. The molecule has 1 aliphatic rings. The second-order valence-corrected chi connectivity index (χ2v) is 8.54. The van der Waals surface area contributed by atoms with Gasteiger partial charge in [0, 0.05) is 11.7 Å². The molecular weight excluding hydrogens is 384 g/mol. The molecule has 4 rings (SSSR count). The number of benzene rings is 1. The lowest BCUT2D eigenvalue weighted by Gasteiger charge is -2.25. The summed E-state index contributed by atoms with van der Waals surface area (Å²) in [7, 11) is 0. The lowest BCUT2D eigenvalue weighted by Crippen LogP contribution is -2.17. The van der Waals surface area contributed by atoms with Crippen LogP contribution in [0.15, 0.2) is 46.2 Å². The fraction of sp³-hybridized carbons (Fsp3) is 0.409. The van der Waals surface area contributed by atoms with Gasteiger partial charge in [-0.25, -0.2) is 0 Å². The second-order valence-electron chi connectivity index (χ2n) is 7.60. The number of amides is 1. The van der Waals surface area contributed by atoms with Crippen molar-refractivity contribution < 1.29 is 9.21 Å². The van der Waals surface area contributed by atoms with Gasteiger partial charge < -0.3 is 9.73 Å². The number of carbonyl (C=O) groups excluding carboxylic acids is 1. The Kier molecular flexibility index (Phi) is 6.04. The number of hydrogen-bond donors (Lipinski definition) is 1. The molecule has 1 fully saturated rings. The normalized spacial score (nSPS) is 14.8. The van der Waals surface area contributed by atoms with Crippen LogP contribution in [-0.2, 0) is 4.79 Å². The van der Waals surface area contributed by atoms with Crippen molar-refractivity contribution in [3.05, 3.63) is 47.7 Å². The number of carbonyl (C=O) groups is 1. The number of furan rings is 1. The number of aromatic nitrogens is 3. The summed E-state index contributed by atoms with van der Waals surface area (Å²) in [4.78, 5) is 12.5. The van der Waals surface area contributed by atoms with E-state index in [2.05, 4.69) is 26.1 Å². The minimum atomic E-state index is -0.0419. The van der Waals surface area contributed by atoms with Gasteiger partial charge in [0.2, 0.25) is 11.7 Å². The monoisotopic (exact) mass is 410 g/mol. The Bertz CT molecular complexity index is 975. The van der Waals surface area contributed by atoms with Gasteiger partial charge in [0.05, 0.1) is 12.0 Å². The fourth-order valence-electron chi connectivity index (χ4n) is 3.89. The van der Waals surface area contributed by atoms with Crippen LogP contribution in [0.3, 0.4) is 0 Å². The van der Waals surface area contributed by atoms with E-state index in [4.69, 9.17) is 4.42 Å². The lowest BCUT2D eigenvalue weighted by molar-refractivity contribution is -0.113. The zero-order valence-corrected chi connectivity index (χ0v) is 17.7. The first-order valence-corrected chi connectivity index (χ1v) is 11.1. The lowest BCUT2D eigenvalue weighted by atomic mass is 9.95. The summed E-state index contributed by atoms with van der Waals surface area (Å²) in [5, 5.41) is 12.6. The van der Waals surface area contributed by atoms with Gasteiger partial charge in [-0.05, 0) is 50.5 Å². The van der Waals surface area contributed by atoms with E-state index in [0.29, 0.717) is 6.04 Å². The van der Waals surface area contributed by atoms with Gasteiger partial charge >= 0.3 is 0 Å². The molecule has 29 heavy (non-hydrogen) atoms.